The number of halogens is 3. The zero-order valence-corrected chi connectivity index (χ0v) is 18.6. The number of ether oxygens (including phenoxy) is 1. The lowest BCUT2D eigenvalue weighted by atomic mass is 10.00. The lowest BCUT2D eigenvalue weighted by Gasteiger charge is -2.33. The van der Waals surface area contributed by atoms with Gasteiger partial charge in [-0.25, -0.2) is 0 Å². The quantitative estimate of drug-likeness (QED) is 0.423. The number of aryl methyl sites for hydroxylation is 2. The maximum absolute atomic E-state index is 13.2. The van der Waals surface area contributed by atoms with E-state index >= 15 is 0 Å². The molecule has 0 aliphatic carbocycles. The Balaban J connectivity index is 1.49. The van der Waals surface area contributed by atoms with E-state index in [1.165, 1.54) is 12.1 Å². The van der Waals surface area contributed by atoms with E-state index in [0.717, 1.165) is 47.8 Å². The summed E-state index contributed by atoms with van der Waals surface area (Å²) in [7, 11) is 0. The number of hydrogen-bond donors (Lipinski definition) is 1. The molecule has 0 unspecified atom stereocenters. The summed E-state index contributed by atoms with van der Waals surface area (Å²) in [5.74, 6) is -0.116. The highest BCUT2D eigenvalue weighted by Gasteiger charge is 2.30. The first-order chi connectivity index (χ1) is 16.3. The minimum absolute atomic E-state index is 0.0910. The number of para-hydroxylation sites is 1. The van der Waals surface area contributed by atoms with E-state index < -0.39 is 17.7 Å². The molecule has 1 aliphatic rings. The van der Waals surface area contributed by atoms with Crippen molar-refractivity contribution in [3.8, 4) is 5.75 Å². The van der Waals surface area contributed by atoms with Gasteiger partial charge in [-0.1, -0.05) is 48.5 Å². The molecule has 4 nitrogen and oxygen atoms in total. The highest BCUT2D eigenvalue weighted by atomic mass is 19.4. The minimum Gasteiger partial charge on any atom is -0.487 e. The third-order valence-electron chi connectivity index (χ3n) is 5.95. The van der Waals surface area contributed by atoms with E-state index in [2.05, 4.69) is 4.90 Å². The van der Waals surface area contributed by atoms with Gasteiger partial charge in [0.1, 0.15) is 12.4 Å². The maximum atomic E-state index is 13.2. The summed E-state index contributed by atoms with van der Waals surface area (Å²) in [5.41, 5.74) is 3.93. The first-order valence-electron chi connectivity index (χ1n) is 11.2. The Morgan fingerprint density at radius 1 is 0.971 bits per heavy atom. The Kier molecular flexibility index (Phi) is 7.10. The minimum atomic E-state index is -4.37. The van der Waals surface area contributed by atoms with E-state index in [9.17, 15) is 18.0 Å². The number of benzene rings is 3. The number of aliphatic carboxylic acids is 1. The van der Waals surface area contributed by atoms with Gasteiger partial charge in [0, 0.05) is 19.5 Å². The van der Waals surface area contributed by atoms with Crippen LogP contribution in [0.5, 0.6) is 5.75 Å². The van der Waals surface area contributed by atoms with Gasteiger partial charge < -0.3 is 14.7 Å². The van der Waals surface area contributed by atoms with E-state index in [1.54, 1.807) is 6.07 Å². The second kappa shape index (κ2) is 10.2. The van der Waals surface area contributed by atoms with Crippen LogP contribution in [-0.4, -0.2) is 17.6 Å². The molecule has 0 radical (unpaired) electrons. The number of fused-ring (bicyclic) bond motifs is 1. The molecule has 1 aliphatic heterocycles. The van der Waals surface area contributed by atoms with Gasteiger partial charge in [-0.05, 0) is 59.7 Å². The summed E-state index contributed by atoms with van der Waals surface area (Å²) in [6, 6.07) is 19.0. The van der Waals surface area contributed by atoms with Crippen LogP contribution in [0.3, 0.4) is 0 Å². The summed E-state index contributed by atoms with van der Waals surface area (Å²) in [6.07, 6.45) is -1.98. The monoisotopic (exact) mass is 469 g/mol. The molecule has 7 heteroatoms. The van der Waals surface area contributed by atoms with Crippen molar-refractivity contribution in [1.29, 1.82) is 0 Å². The summed E-state index contributed by atoms with van der Waals surface area (Å²) >= 11 is 0. The number of carboxylic acid groups (broad SMARTS) is 1. The smallest absolute Gasteiger partial charge is 0.416 e. The molecule has 0 fully saturated rings. The molecule has 0 aromatic heterocycles. The second-order valence-electron chi connectivity index (χ2n) is 8.49. The largest absolute Gasteiger partial charge is 0.487 e. The van der Waals surface area contributed by atoms with Gasteiger partial charge in [0.15, 0.2) is 0 Å². The summed E-state index contributed by atoms with van der Waals surface area (Å²) in [4.78, 5) is 12.8. The van der Waals surface area contributed by atoms with Crippen molar-refractivity contribution in [3.63, 3.8) is 0 Å². The Labute approximate surface area is 196 Å². The van der Waals surface area contributed by atoms with Crippen molar-refractivity contribution in [3.05, 3.63) is 94.5 Å². The standard InChI is InChI=1S/C27H26F3NO3/c28-27(29,30)23-7-1-4-21(16-23)17-31-15-3-6-22-5-2-8-24(26(22)31)34-18-20-11-9-19(10-12-20)13-14-25(32)33/h1-2,4-5,7-12,16H,3,6,13-15,17-18H2,(H,32,33). The van der Waals surface area contributed by atoms with Gasteiger partial charge in [-0.15, -0.1) is 0 Å². The van der Waals surface area contributed by atoms with Crippen LogP contribution in [0.25, 0.3) is 0 Å². The molecule has 1 heterocycles. The Morgan fingerprint density at radius 3 is 2.44 bits per heavy atom. The van der Waals surface area contributed by atoms with Crippen LogP contribution in [0.15, 0.2) is 66.7 Å². The van der Waals surface area contributed by atoms with Crippen LogP contribution >= 0.6 is 0 Å². The van der Waals surface area contributed by atoms with E-state index in [0.29, 0.717) is 30.9 Å². The van der Waals surface area contributed by atoms with Gasteiger partial charge in [0.05, 0.1) is 11.3 Å². The van der Waals surface area contributed by atoms with E-state index in [-0.39, 0.29) is 6.42 Å². The molecule has 3 aromatic carbocycles. The Morgan fingerprint density at radius 2 is 1.71 bits per heavy atom. The van der Waals surface area contributed by atoms with Gasteiger partial charge in [0.25, 0.3) is 0 Å². The van der Waals surface area contributed by atoms with Gasteiger partial charge in [0.2, 0.25) is 0 Å². The molecule has 0 atom stereocenters. The molecular weight excluding hydrogens is 443 g/mol. The van der Waals surface area contributed by atoms with Gasteiger partial charge >= 0.3 is 12.1 Å². The zero-order valence-electron chi connectivity index (χ0n) is 18.6. The zero-order chi connectivity index (χ0) is 24.1. The Hall–Kier alpha value is -3.48. The molecule has 0 spiro atoms. The van der Waals surface area contributed by atoms with Crippen LogP contribution in [0.2, 0.25) is 0 Å². The predicted molar refractivity (Wildman–Crippen MR) is 124 cm³/mol. The van der Waals surface area contributed by atoms with Crippen molar-refractivity contribution >= 4 is 11.7 Å². The topological polar surface area (TPSA) is 49.8 Å². The molecule has 178 valence electrons. The number of rotatable bonds is 8. The van der Waals surface area contributed by atoms with Crippen molar-refractivity contribution in [2.45, 2.75) is 45.0 Å². The number of alkyl halides is 3. The highest BCUT2D eigenvalue weighted by Crippen LogP contribution is 2.38. The molecular formula is C27H26F3NO3. The normalized spacial score (nSPS) is 13.4. The molecule has 3 aromatic rings. The maximum Gasteiger partial charge on any atom is 0.416 e. The summed E-state index contributed by atoms with van der Waals surface area (Å²) in [6.45, 7) is 1.45. The average Bonchev–Trinajstić information content (AvgIpc) is 2.82. The Bertz CT molecular complexity index is 1140. The highest BCUT2D eigenvalue weighted by molar-refractivity contribution is 5.67. The van der Waals surface area contributed by atoms with Crippen LogP contribution < -0.4 is 9.64 Å². The van der Waals surface area contributed by atoms with Crippen molar-refractivity contribution < 1.29 is 27.8 Å². The molecule has 4 rings (SSSR count). The lowest BCUT2D eigenvalue weighted by molar-refractivity contribution is -0.138. The number of hydrogen-bond acceptors (Lipinski definition) is 3. The lowest BCUT2D eigenvalue weighted by Crippen LogP contribution is -2.29. The molecule has 34 heavy (non-hydrogen) atoms. The van der Waals surface area contributed by atoms with Crippen LogP contribution in [0.4, 0.5) is 18.9 Å². The molecule has 0 amide bonds. The van der Waals surface area contributed by atoms with Crippen molar-refractivity contribution in [2.24, 2.45) is 0 Å². The summed E-state index contributed by atoms with van der Waals surface area (Å²) < 4.78 is 45.6. The number of carbonyl (C=O) groups is 1. The summed E-state index contributed by atoms with van der Waals surface area (Å²) in [5, 5.41) is 8.83. The SMILES string of the molecule is O=C(O)CCc1ccc(COc2cccc3c2N(Cc2cccc(C(F)(F)F)c2)CCC3)cc1. The second-order valence-corrected chi connectivity index (χ2v) is 8.49. The molecule has 0 bridgehead atoms. The molecule has 0 saturated carbocycles. The van der Waals surface area contributed by atoms with Gasteiger partial charge in [-0.2, -0.15) is 13.2 Å². The predicted octanol–water partition coefficient (Wildman–Crippen LogP) is 6.25. The molecule has 0 saturated heterocycles. The van der Waals surface area contributed by atoms with Crippen LogP contribution in [0.1, 0.15) is 40.7 Å². The fourth-order valence-electron chi connectivity index (χ4n) is 4.26. The van der Waals surface area contributed by atoms with E-state index in [4.69, 9.17) is 9.84 Å². The average molecular weight is 470 g/mol. The number of anilines is 1. The van der Waals surface area contributed by atoms with Gasteiger partial charge in [-0.3, -0.25) is 4.79 Å². The third-order valence-corrected chi connectivity index (χ3v) is 5.95. The van der Waals surface area contributed by atoms with Crippen LogP contribution in [-0.2, 0) is 37.0 Å². The van der Waals surface area contributed by atoms with Crippen LogP contribution in [0, 0.1) is 0 Å². The number of carboxylic acids is 1. The molecule has 1 N–H and O–H groups in total. The fourth-order valence-corrected chi connectivity index (χ4v) is 4.26. The fraction of sp³-hybridized carbons (Fsp3) is 0.296. The first kappa shape index (κ1) is 23.7. The van der Waals surface area contributed by atoms with E-state index in [1.807, 2.05) is 42.5 Å². The number of nitrogens with zero attached hydrogens (tertiary/aromatic N) is 1. The first-order valence-corrected chi connectivity index (χ1v) is 11.2. The third kappa shape index (κ3) is 5.90. The van der Waals surface area contributed by atoms with Crippen molar-refractivity contribution in [2.75, 3.05) is 11.4 Å². The van der Waals surface area contributed by atoms with Crippen molar-refractivity contribution in [1.82, 2.24) is 0 Å².